The number of carboxylic acid groups (broad SMARTS) is 1. The van der Waals surface area contributed by atoms with Gasteiger partial charge in [0.25, 0.3) is 0 Å². The third-order valence-electron chi connectivity index (χ3n) is 12.8. The van der Waals surface area contributed by atoms with E-state index in [1.54, 1.807) is 41.5 Å². The van der Waals surface area contributed by atoms with E-state index in [1.165, 1.54) is 0 Å². The molecule has 0 aliphatic heterocycles. The Kier molecular flexibility index (Phi) is 33.3. The second kappa shape index (κ2) is 35.8. The van der Waals surface area contributed by atoms with Crippen molar-refractivity contribution in [3.05, 3.63) is 0 Å². The second-order valence-electron chi connectivity index (χ2n) is 24.5. The van der Waals surface area contributed by atoms with Crippen LogP contribution < -0.4 is 47.9 Å². The highest BCUT2D eigenvalue weighted by atomic mass is 16.6. The largest absolute Gasteiger partial charge is 0.481 e. The van der Waals surface area contributed by atoms with Gasteiger partial charge in [0.2, 0.25) is 47.3 Å². The number of hydrogen-bond donors (Lipinski definition) is 10. The van der Waals surface area contributed by atoms with Gasteiger partial charge in [-0.05, 0) is 82.5 Å². The Morgan fingerprint density at radius 1 is 0.416 bits per heavy atom. The zero-order valence-electron chi connectivity index (χ0n) is 50.1. The normalized spacial score (nSPS) is 15.3. The Bertz CT molecular complexity index is 1900. The average Bonchev–Trinajstić information content (AvgIpc) is 3.26. The molecule has 0 aliphatic carbocycles. The van der Waals surface area contributed by atoms with Gasteiger partial charge in [-0.15, -0.1) is 0 Å². The Morgan fingerprint density at radius 3 is 1.23 bits per heavy atom. The van der Waals surface area contributed by atoms with Crippen molar-refractivity contribution in [1.82, 2.24) is 47.9 Å². The number of rotatable bonds is 36. The maximum Gasteiger partial charge on any atom is 0.407 e. The van der Waals surface area contributed by atoms with E-state index >= 15 is 0 Å². The van der Waals surface area contributed by atoms with Gasteiger partial charge in [0.15, 0.2) is 0 Å². The lowest BCUT2D eigenvalue weighted by atomic mass is 9.93. The molecule has 0 unspecified atom stereocenters. The Labute approximate surface area is 460 Å². The van der Waals surface area contributed by atoms with Crippen LogP contribution >= 0.6 is 0 Å². The Hall–Kier alpha value is -5.50. The molecule has 0 bridgehead atoms. The molecular formula is C56H103N9O12. The first kappa shape index (κ1) is 71.5. The highest BCUT2D eigenvalue weighted by Gasteiger charge is 2.30. The van der Waals surface area contributed by atoms with Crippen LogP contribution in [0, 0.1) is 59.2 Å². The highest BCUT2D eigenvalue weighted by molar-refractivity contribution is 5.86. The zero-order chi connectivity index (χ0) is 59.5. The van der Waals surface area contributed by atoms with E-state index in [0.717, 1.165) is 0 Å². The van der Waals surface area contributed by atoms with E-state index in [9.17, 15) is 53.1 Å². The van der Waals surface area contributed by atoms with Crippen molar-refractivity contribution in [2.75, 3.05) is 26.2 Å². The highest BCUT2D eigenvalue weighted by Crippen LogP contribution is 2.17. The Balaban J connectivity index is 5.38. The molecule has 0 saturated heterocycles. The van der Waals surface area contributed by atoms with Crippen LogP contribution in [0.1, 0.15) is 176 Å². The first-order valence-electron chi connectivity index (χ1n) is 28.0. The summed E-state index contributed by atoms with van der Waals surface area (Å²) < 4.78 is 5.34. The molecule has 9 atom stereocenters. The molecule has 77 heavy (non-hydrogen) atoms. The molecule has 0 radical (unpaired) electrons. The van der Waals surface area contributed by atoms with Crippen LogP contribution in [0.4, 0.5) is 4.79 Å². The number of nitrogens with one attached hydrogen (secondary N) is 9. The van der Waals surface area contributed by atoms with Crippen LogP contribution in [0.2, 0.25) is 0 Å². The van der Waals surface area contributed by atoms with Gasteiger partial charge in [0.1, 0.15) is 5.60 Å². The average molecular weight is 1090 g/mol. The lowest BCUT2D eigenvalue weighted by molar-refractivity contribution is -0.138. The van der Waals surface area contributed by atoms with Crippen LogP contribution in [0.25, 0.3) is 0 Å². The lowest BCUT2D eigenvalue weighted by Gasteiger charge is -2.27. The summed E-state index contributed by atoms with van der Waals surface area (Å²) in [4.78, 5) is 130. The minimum Gasteiger partial charge on any atom is -0.481 e. The third-order valence-corrected chi connectivity index (χ3v) is 12.8. The number of carbonyl (C=O) groups is 10. The maximum atomic E-state index is 13.7. The fourth-order valence-corrected chi connectivity index (χ4v) is 8.34. The van der Waals surface area contributed by atoms with Gasteiger partial charge in [0.05, 0.1) is 30.1 Å². The summed E-state index contributed by atoms with van der Waals surface area (Å²) in [6.07, 6.45) is 0.449. The van der Waals surface area contributed by atoms with E-state index in [2.05, 4.69) is 47.9 Å². The molecule has 0 fully saturated rings. The molecule has 21 heteroatoms. The van der Waals surface area contributed by atoms with Crippen molar-refractivity contribution in [3.63, 3.8) is 0 Å². The first-order valence-corrected chi connectivity index (χ1v) is 28.0. The molecule has 0 spiro atoms. The third kappa shape index (κ3) is 33.4. The summed E-state index contributed by atoms with van der Waals surface area (Å²) in [5.74, 6) is -6.35. The SMILES string of the molecule is CC(C)C[C@@H](CC(=O)O)NC(=O)[C@@H](C)CNC(=O)C[C@@H](NC(=O)[C@H](CNC(=O)C[C@H](C)NC(=O)[C@H](CNC(=O)C[C@H](CC(C)C)NC(=O)[C@@H](C)CNC(=O)C[C@@H](NC(=O)OC(C)(C)C)C(C)C)C(C)C)CC(C)C)C(C)C. The number of carbonyl (C=O) groups excluding carboxylic acids is 9. The van der Waals surface area contributed by atoms with Gasteiger partial charge < -0.3 is 57.7 Å². The molecule has 0 saturated carbocycles. The van der Waals surface area contributed by atoms with Crippen molar-refractivity contribution in [1.29, 1.82) is 0 Å². The fraction of sp³-hybridized carbons (Fsp3) is 0.821. The van der Waals surface area contributed by atoms with Gasteiger partial charge in [-0.1, -0.05) is 96.9 Å². The number of amides is 9. The van der Waals surface area contributed by atoms with E-state index < -0.39 is 71.5 Å². The van der Waals surface area contributed by atoms with Crippen LogP contribution in [-0.2, 0) is 47.9 Å². The lowest BCUT2D eigenvalue weighted by Crippen LogP contribution is -2.49. The number of aliphatic carboxylic acids is 1. The van der Waals surface area contributed by atoms with E-state index in [4.69, 9.17) is 4.74 Å². The van der Waals surface area contributed by atoms with Crippen molar-refractivity contribution >= 4 is 59.3 Å². The second-order valence-corrected chi connectivity index (χ2v) is 24.5. The molecule has 0 aromatic heterocycles. The number of carboxylic acids is 1. The van der Waals surface area contributed by atoms with Crippen molar-refractivity contribution in [2.45, 2.75) is 212 Å². The molecule has 21 nitrogen and oxygen atoms in total. The van der Waals surface area contributed by atoms with Gasteiger partial charge in [-0.25, -0.2) is 4.79 Å². The van der Waals surface area contributed by atoms with Crippen molar-refractivity contribution < 1.29 is 57.8 Å². The number of ether oxygens (including phenoxy) is 1. The van der Waals surface area contributed by atoms with Gasteiger partial charge in [-0.2, -0.15) is 0 Å². The van der Waals surface area contributed by atoms with Crippen LogP contribution in [-0.4, -0.2) is 126 Å². The Morgan fingerprint density at radius 2 is 0.818 bits per heavy atom. The zero-order valence-corrected chi connectivity index (χ0v) is 50.1. The predicted molar refractivity (Wildman–Crippen MR) is 298 cm³/mol. The molecule has 9 amide bonds. The van der Waals surface area contributed by atoms with Crippen molar-refractivity contribution in [3.8, 4) is 0 Å². The summed E-state index contributed by atoms with van der Waals surface area (Å²) in [7, 11) is 0. The quantitative estimate of drug-likeness (QED) is 0.0399. The van der Waals surface area contributed by atoms with E-state index in [0.29, 0.717) is 19.3 Å². The summed E-state index contributed by atoms with van der Waals surface area (Å²) in [5.41, 5.74) is -0.696. The number of hydrogen-bond acceptors (Lipinski definition) is 11. The topological polar surface area (TPSA) is 308 Å². The van der Waals surface area contributed by atoms with Crippen LogP contribution in [0.3, 0.4) is 0 Å². The van der Waals surface area contributed by atoms with Crippen LogP contribution in [0.5, 0.6) is 0 Å². The van der Waals surface area contributed by atoms with Crippen molar-refractivity contribution in [2.24, 2.45) is 59.2 Å². The molecule has 0 rings (SSSR count). The fourth-order valence-electron chi connectivity index (χ4n) is 8.34. The molecule has 444 valence electrons. The molecule has 0 heterocycles. The summed E-state index contributed by atoms with van der Waals surface area (Å²) >= 11 is 0. The smallest absolute Gasteiger partial charge is 0.407 e. The monoisotopic (exact) mass is 1090 g/mol. The van der Waals surface area contributed by atoms with E-state index in [-0.39, 0.29) is 141 Å². The van der Waals surface area contributed by atoms with Crippen LogP contribution in [0.15, 0.2) is 0 Å². The number of alkyl carbamates (subject to hydrolysis) is 1. The van der Waals surface area contributed by atoms with Gasteiger partial charge in [-0.3, -0.25) is 43.2 Å². The molecule has 10 N–H and O–H groups in total. The minimum atomic E-state index is -1.01. The molecule has 0 aromatic carbocycles. The standard InChI is InChI=1S/C56H103N9O12/c1-31(2)19-40(53(74)64-44(35(9)10)25-48(68)57-28-38(14)52(73)63-42(21-33(5)6)24-50(70)71)29-59-46(66)22-39(15)61-54(75)43(34(7)8)30-60-47(67)23-41(20-32(3)4)62-51(72)37(13)27-58-49(69)26-45(36(11)12)65-55(76)77-56(16,17)18/h31-45H,19-30H2,1-18H3,(H,57,68)(H,58,69)(H,59,66)(H,60,67)(H,61,75)(H,62,72)(H,63,73)(H,64,74)(H,65,76)(H,70,71)/t37-,38-,39-,40-,41-,42-,43+,44+,45+/m0/s1. The summed E-state index contributed by atoms with van der Waals surface area (Å²) in [6, 6.07) is -2.68. The summed E-state index contributed by atoms with van der Waals surface area (Å²) in [5, 5.41) is 34.9. The van der Waals surface area contributed by atoms with Gasteiger partial charge >= 0.3 is 12.1 Å². The minimum absolute atomic E-state index is 0.00711. The molecule has 0 aromatic rings. The van der Waals surface area contributed by atoms with Gasteiger partial charge in [0, 0.05) is 82.1 Å². The predicted octanol–water partition coefficient (Wildman–Crippen LogP) is 4.95. The molecular weight excluding hydrogens is 991 g/mol. The maximum absolute atomic E-state index is 13.7. The van der Waals surface area contributed by atoms with E-state index in [1.807, 2.05) is 83.1 Å². The molecule has 0 aliphatic rings. The summed E-state index contributed by atoms with van der Waals surface area (Å²) in [6.45, 7) is 33.3. The first-order chi connectivity index (χ1) is 35.5.